The first-order valence-corrected chi connectivity index (χ1v) is 4.82. The van der Waals surface area contributed by atoms with Gasteiger partial charge in [-0.3, -0.25) is 0 Å². The number of halogens is 3. The number of thiol groups is 1. The van der Waals surface area contributed by atoms with Crippen LogP contribution in [-0.4, -0.2) is 5.75 Å². The summed E-state index contributed by atoms with van der Waals surface area (Å²) in [5.74, 6) is 3.79. The van der Waals surface area contributed by atoms with E-state index in [0.29, 0.717) is 4.47 Å². The molecule has 0 atom stereocenters. The van der Waals surface area contributed by atoms with Gasteiger partial charge in [-0.15, -0.1) is 0 Å². The smallest absolute Gasteiger partial charge is 0.142 e. The lowest BCUT2D eigenvalue weighted by molar-refractivity contribution is 0.576. The Labute approximate surface area is 88.9 Å². The van der Waals surface area contributed by atoms with Crippen LogP contribution in [0.15, 0.2) is 16.6 Å². The monoisotopic (exact) mass is 262 g/mol. The molecule has 0 fully saturated rings. The molecule has 0 aromatic heterocycles. The Kier molecular flexibility index (Phi) is 3.76. The summed E-state index contributed by atoms with van der Waals surface area (Å²) in [6.45, 7) is 0. The van der Waals surface area contributed by atoms with Gasteiger partial charge in [-0.2, -0.15) is 12.6 Å². The summed E-state index contributed by atoms with van der Waals surface area (Å²) in [6, 6.07) is 2.34. The SMILES string of the molecule is Fc1cc(Br)cc(F)c1C#CCS. The molecular weight excluding hydrogens is 258 g/mol. The van der Waals surface area contributed by atoms with Crippen LogP contribution >= 0.6 is 28.6 Å². The molecule has 0 saturated carbocycles. The highest BCUT2D eigenvalue weighted by Gasteiger charge is 2.07. The summed E-state index contributed by atoms with van der Waals surface area (Å²) < 4.78 is 26.4. The van der Waals surface area contributed by atoms with E-state index in [4.69, 9.17) is 0 Å². The van der Waals surface area contributed by atoms with Crippen molar-refractivity contribution in [3.8, 4) is 11.8 Å². The molecule has 0 aliphatic rings. The molecule has 0 nitrogen and oxygen atoms in total. The molecule has 0 spiro atoms. The Morgan fingerprint density at radius 3 is 2.31 bits per heavy atom. The molecule has 1 aromatic rings. The van der Waals surface area contributed by atoms with Crippen molar-refractivity contribution in [2.75, 3.05) is 5.75 Å². The molecule has 13 heavy (non-hydrogen) atoms. The summed E-state index contributed by atoms with van der Waals surface area (Å²) in [6.07, 6.45) is 0. The maximum absolute atomic E-state index is 13.0. The second-order valence-corrected chi connectivity index (χ2v) is 3.44. The predicted octanol–water partition coefficient (Wildman–Crippen LogP) is 3.01. The van der Waals surface area contributed by atoms with Crippen LogP contribution in [0.4, 0.5) is 8.78 Å². The molecule has 1 aromatic carbocycles. The van der Waals surface area contributed by atoms with Gasteiger partial charge < -0.3 is 0 Å². The zero-order chi connectivity index (χ0) is 9.84. The Hall–Kier alpha value is -0.530. The Morgan fingerprint density at radius 2 is 1.85 bits per heavy atom. The first-order valence-electron chi connectivity index (χ1n) is 3.39. The topological polar surface area (TPSA) is 0 Å². The summed E-state index contributed by atoms with van der Waals surface area (Å²) in [4.78, 5) is 0. The average Bonchev–Trinajstić information content (AvgIpc) is 2.02. The summed E-state index contributed by atoms with van der Waals surface area (Å²) in [5.41, 5.74) is -0.211. The van der Waals surface area contributed by atoms with Crippen LogP contribution in [0.1, 0.15) is 5.56 Å². The van der Waals surface area contributed by atoms with Crippen LogP contribution in [0.5, 0.6) is 0 Å². The quantitative estimate of drug-likeness (QED) is 0.540. The van der Waals surface area contributed by atoms with Crippen molar-refractivity contribution in [2.24, 2.45) is 0 Å². The van der Waals surface area contributed by atoms with E-state index in [0.717, 1.165) is 0 Å². The van der Waals surface area contributed by atoms with Gasteiger partial charge in [0.1, 0.15) is 11.6 Å². The van der Waals surface area contributed by atoms with Gasteiger partial charge >= 0.3 is 0 Å². The highest BCUT2D eigenvalue weighted by molar-refractivity contribution is 9.10. The number of rotatable bonds is 0. The lowest BCUT2D eigenvalue weighted by Gasteiger charge is -1.97. The van der Waals surface area contributed by atoms with Gasteiger partial charge in [-0.05, 0) is 12.1 Å². The highest BCUT2D eigenvalue weighted by Crippen LogP contribution is 2.18. The van der Waals surface area contributed by atoms with Crippen LogP contribution in [0.2, 0.25) is 0 Å². The van der Waals surface area contributed by atoms with Gasteiger partial charge in [0.2, 0.25) is 0 Å². The van der Waals surface area contributed by atoms with Crippen molar-refractivity contribution in [3.63, 3.8) is 0 Å². The van der Waals surface area contributed by atoms with E-state index in [1.165, 1.54) is 12.1 Å². The number of hydrogen-bond donors (Lipinski definition) is 1. The first kappa shape index (κ1) is 10.6. The maximum Gasteiger partial charge on any atom is 0.142 e. The lowest BCUT2D eigenvalue weighted by atomic mass is 10.2. The highest BCUT2D eigenvalue weighted by atomic mass is 79.9. The minimum atomic E-state index is -0.666. The van der Waals surface area contributed by atoms with Crippen molar-refractivity contribution in [1.82, 2.24) is 0 Å². The van der Waals surface area contributed by atoms with E-state index in [1.54, 1.807) is 0 Å². The number of hydrogen-bond acceptors (Lipinski definition) is 1. The van der Waals surface area contributed by atoms with Crippen LogP contribution < -0.4 is 0 Å². The van der Waals surface area contributed by atoms with Gasteiger partial charge in [-0.1, -0.05) is 27.8 Å². The zero-order valence-corrected chi connectivity index (χ0v) is 8.92. The van der Waals surface area contributed by atoms with Crippen LogP contribution in [0.25, 0.3) is 0 Å². The second kappa shape index (κ2) is 4.64. The molecular formula is C9H5BrF2S. The summed E-state index contributed by atoms with van der Waals surface area (Å²) in [7, 11) is 0. The molecule has 0 aliphatic carbocycles. The van der Waals surface area contributed by atoms with Crippen molar-refractivity contribution in [3.05, 3.63) is 33.8 Å². The third-order valence-electron chi connectivity index (χ3n) is 1.30. The normalized spacial score (nSPS) is 9.23. The fourth-order valence-corrected chi connectivity index (χ4v) is 1.27. The zero-order valence-electron chi connectivity index (χ0n) is 6.44. The van der Waals surface area contributed by atoms with E-state index in [2.05, 4.69) is 40.4 Å². The molecule has 68 valence electrons. The Bertz CT molecular complexity index is 356. The second-order valence-electron chi connectivity index (χ2n) is 2.20. The summed E-state index contributed by atoms with van der Waals surface area (Å²) in [5, 5.41) is 0. The first-order chi connectivity index (χ1) is 6.15. The van der Waals surface area contributed by atoms with Crippen LogP contribution in [0.3, 0.4) is 0 Å². The van der Waals surface area contributed by atoms with Crippen molar-refractivity contribution in [1.29, 1.82) is 0 Å². The maximum atomic E-state index is 13.0. The largest absolute Gasteiger partial charge is 0.205 e. The lowest BCUT2D eigenvalue weighted by Crippen LogP contribution is -1.90. The minimum Gasteiger partial charge on any atom is -0.205 e. The van der Waals surface area contributed by atoms with Gasteiger partial charge in [0.25, 0.3) is 0 Å². The summed E-state index contributed by atoms with van der Waals surface area (Å²) >= 11 is 6.78. The molecule has 0 N–H and O–H groups in total. The fourth-order valence-electron chi connectivity index (χ4n) is 0.790. The van der Waals surface area contributed by atoms with Crippen LogP contribution in [0, 0.1) is 23.5 Å². The fraction of sp³-hybridized carbons (Fsp3) is 0.111. The molecule has 0 bridgehead atoms. The van der Waals surface area contributed by atoms with Gasteiger partial charge in [0.05, 0.1) is 11.3 Å². The number of benzene rings is 1. The third-order valence-corrected chi connectivity index (χ3v) is 1.92. The molecule has 0 aliphatic heterocycles. The van der Waals surface area contributed by atoms with Crippen molar-refractivity contribution >= 4 is 28.6 Å². The van der Waals surface area contributed by atoms with E-state index in [-0.39, 0.29) is 11.3 Å². The van der Waals surface area contributed by atoms with Gasteiger partial charge in [-0.25, -0.2) is 8.78 Å². The average molecular weight is 263 g/mol. The predicted molar refractivity (Wildman–Crippen MR) is 54.8 cm³/mol. The van der Waals surface area contributed by atoms with E-state index >= 15 is 0 Å². The van der Waals surface area contributed by atoms with E-state index < -0.39 is 11.6 Å². The molecule has 4 heteroatoms. The standard InChI is InChI=1S/C9H5BrF2S/c10-6-4-8(11)7(2-1-3-13)9(12)5-6/h4-5,13H,3H2. The molecule has 0 radical (unpaired) electrons. The molecule has 0 saturated heterocycles. The molecule has 0 heterocycles. The third kappa shape index (κ3) is 2.71. The Balaban J connectivity index is 3.21. The van der Waals surface area contributed by atoms with Gasteiger partial charge in [0.15, 0.2) is 0 Å². The van der Waals surface area contributed by atoms with Crippen molar-refractivity contribution in [2.45, 2.75) is 0 Å². The van der Waals surface area contributed by atoms with Crippen LogP contribution in [-0.2, 0) is 0 Å². The van der Waals surface area contributed by atoms with E-state index in [1.807, 2.05) is 0 Å². The van der Waals surface area contributed by atoms with E-state index in [9.17, 15) is 8.78 Å². The molecule has 0 amide bonds. The Morgan fingerprint density at radius 1 is 1.31 bits per heavy atom. The molecule has 0 unspecified atom stereocenters. The van der Waals surface area contributed by atoms with Gasteiger partial charge in [0, 0.05) is 4.47 Å². The van der Waals surface area contributed by atoms with Crippen molar-refractivity contribution < 1.29 is 8.78 Å². The molecule has 1 rings (SSSR count). The minimum absolute atomic E-state index is 0.211.